The van der Waals surface area contributed by atoms with Crippen LogP contribution in [0.25, 0.3) is 0 Å². The van der Waals surface area contributed by atoms with E-state index in [1.165, 1.54) is 0 Å². The average Bonchev–Trinajstić information content (AvgIpc) is 3.09. The molecule has 1 amide bonds. The van der Waals surface area contributed by atoms with Gasteiger partial charge in [0.05, 0.1) is 29.6 Å². The number of hydrogen-bond acceptors (Lipinski definition) is 7. The first-order valence-electron chi connectivity index (χ1n) is 12.0. The molecular weight excluding hydrogens is 464 g/mol. The SMILES string of the molecule is CC1=NC2=CC([C@@H]3CCCCN3C(=O)c3cc(C)ccc3NS(C)(=O)=O)N(C)N2C(N(C)C)=C1C. The number of aryl methyl sites for hydroxylation is 1. The summed E-state index contributed by atoms with van der Waals surface area (Å²) in [5.41, 5.74) is 3.70. The molecule has 35 heavy (non-hydrogen) atoms. The van der Waals surface area contributed by atoms with Gasteiger partial charge in [0.2, 0.25) is 10.0 Å². The van der Waals surface area contributed by atoms with Gasteiger partial charge in [-0.1, -0.05) is 11.6 Å². The summed E-state index contributed by atoms with van der Waals surface area (Å²) in [6.07, 6.45) is 6.06. The number of benzene rings is 1. The zero-order valence-electron chi connectivity index (χ0n) is 21.7. The molecule has 1 aromatic rings. The largest absolute Gasteiger partial charge is 0.363 e. The number of likely N-dealkylation sites (N-methyl/N-ethyl adjacent to an activating group) is 1. The maximum Gasteiger partial charge on any atom is 0.256 e. The summed E-state index contributed by atoms with van der Waals surface area (Å²) < 4.78 is 26.4. The van der Waals surface area contributed by atoms with Gasteiger partial charge in [-0.25, -0.2) is 23.4 Å². The molecule has 1 unspecified atom stereocenters. The number of aliphatic imine (C=N–C) groups is 1. The van der Waals surface area contributed by atoms with Gasteiger partial charge in [0.1, 0.15) is 11.6 Å². The normalized spacial score (nSPS) is 23.2. The molecular formula is C25H36N6O3S. The lowest BCUT2D eigenvalue weighted by Gasteiger charge is -2.44. The number of sulfonamides is 1. The molecule has 0 radical (unpaired) electrons. The Balaban J connectivity index is 1.70. The minimum Gasteiger partial charge on any atom is -0.363 e. The van der Waals surface area contributed by atoms with Gasteiger partial charge in [0.25, 0.3) is 5.91 Å². The topological polar surface area (TPSA) is 88.6 Å². The molecule has 1 fully saturated rings. The monoisotopic (exact) mass is 500 g/mol. The van der Waals surface area contributed by atoms with Crippen LogP contribution in [0, 0.1) is 6.92 Å². The van der Waals surface area contributed by atoms with Crippen molar-refractivity contribution in [1.82, 2.24) is 19.8 Å². The molecule has 1 saturated heterocycles. The lowest BCUT2D eigenvalue weighted by molar-refractivity contribution is -0.00223. The van der Waals surface area contributed by atoms with Crippen molar-refractivity contribution in [1.29, 1.82) is 0 Å². The van der Waals surface area contributed by atoms with E-state index in [0.717, 1.165) is 54.0 Å². The van der Waals surface area contributed by atoms with Crippen molar-refractivity contribution < 1.29 is 13.2 Å². The third-order valence-electron chi connectivity index (χ3n) is 6.97. The molecule has 0 saturated carbocycles. The fourth-order valence-corrected chi connectivity index (χ4v) is 5.85. The summed E-state index contributed by atoms with van der Waals surface area (Å²) >= 11 is 0. The Bertz CT molecular complexity index is 1230. The number of hydrogen-bond donors (Lipinski definition) is 1. The van der Waals surface area contributed by atoms with E-state index in [9.17, 15) is 13.2 Å². The Morgan fingerprint density at radius 2 is 1.89 bits per heavy atom. The highest BCUT2D eigenvalue weighted by Gasteiger charge is 2.43. The Hall–Kier alpha value is -2.85. The molecule has 0 spiro atoms. The molecule has 3 aliphatic rings. The van der Waals surface area contributed by atoms with Crippen LogP contribution in [0.2, 0.25) is 0 Å². The quantitative estimate of drug-likeness (QED) is 0.669. The number of nitrogens with zero attached hydrogens (tertiary/aromatic N) is 5. The molecule has 3 heterocycles. The zero-order valence-corrected chi connectivity index (χ0v) is 22.5. The minimum atomic E-state index is -3.52. The predicted octanol–water partition coefficient (Wildman–Crippen LogP) is 3.00. The van der Waals surface area contributed by atoms with Crippen molar-refractivity contribution in [2.45, 2.75) is 52.1 Å². The van der Waals surface area contributed by atoms with Crippen molar-refractivity contribution in [3.05, 3.63) is 52.6 Å². The first-order chi connectivity index (χ1) is 16.4. The summed E-state index contributed by atoms with van der Waals surface area (Å²) in [5, 5.41) is 4.31. The summed E-state index contributed by atoms with van der Waals surface area (Å²) in [7, 11) is 2.58. The molecule has 3 aliphatic heterocycles. The van der Waals surface area contributed by atoms with E-state index in [-0.39, 0.29) is 18.0 Å². The van der Waals surface area contributed by atoms with Crippen LogP contribution in [-0.2, 0) is 10.0 Å². The van der Waals surface area contributed by atoms with E-state index in [1.54, 1.807) is 12.1 Å². The number of fused-ring (bicyclic) bond motifs is 1. The number of likely N-dealkylation sites (tertiary alicyclic amines) is 1. The number of anilines is 1. The number of carbonyl (C=O) groups excluding carboxylic acids is 1. The van der Waals surface area contributed by atoms with Crippen molar-refractivity contribution in [2.75, 3.05) is 38.7 Å². The van der Waals surface area contributed by atoms with Gasteiger partial charge in [-0.2, -0.15) is 0 Å². The highest BCUT2D eigenvalue weighted by molar-refractivity contribution is 7.92. The second-order valence-electron chi connectivity index (χ2n) is 9.93. The Labute approximate surface area is 208 Å². The van der Waals surface area contributed by atoms with Crippen LogP contribution in [-0.4, -0.2) is 85.9 Å². The molecule has 0 bridgehead atoms. The maximum atomic E-state index is 13.9. The fourth-order valence-electron chi connectivity index (χ4n) is 5.27. The molecule has 1 N–H and O–H groups in total. The van der Waals surface area contributed by atoms with Gasteiger partial charge in [0, 0.05) is 39.0 Å². The van der Waals surface area contributed by atoms with E-state index in [2.05, 4.69) is 32.6 Å². The molecule has 0 aliphatic carbocycles. The molecule has 1 aromatic carbocycles. The van der Waals surface area contributed by atoms with Gasteiger partial charge in [-0.05, 0) is 58.2 Å². The van der Waals surface area contributed by atoms with Crippen LogP contribution >= 0.6 is 0 Å². The van der Waals surface area contributed by atoms with Crippen LogP contribution in [0.4, 0.5) is 5.69 Å². The zero-order chi connectivity index (χ0) is 25.7. The second kappa shape index (κ2) is 9.31. The van der Waals surface area contributed by atoms with Crippen LogP contribution in [0.5, 0.6) is 0 Å². The highest BCUT2D eigenvalue weighted by Crippen LogP contribution is 2.37. The third-order valence-corrected chi connectivity index (χ3v) is 7.56. The smallest absolute Gasteiger partial charge is 0.256 e. The maximum absolute atomic E-state index is 13.9. The number of allylic oxidation sites excluding steroid dienone is 1. The Morgan fingerprint density at radius 1 is 1.17 bits per heavy atom. The van der Waals surface area contributed by atoms with Crippen LogP contribution in [0.15, 0.2) is 46.5 Å². The van der Waals surface area contributed by atoms with Gasteiger partial charge >= 0.3 is 0 Å². The van der Waals surface area contributed by atoms with Gasteiger partial charge < -0.3 is 9.80 Å². The van der Waals surface area contributed by atoms with Crippen molar-refractivity contribution in [3.8, 4) is 0 Å². The third kappa shape index (κ3) is 4.81. The Kier molecular flexibility index (Phi) is 6.72. The predicted molar refractivity (Wildman–Crippen MR) is 139 cm³/mol. The number of piperidine rings is 1. The number of nitrogens with one attached hydrogen (secondary N) is 1. The van der Waals surface area contributed by atoms with E-state index in [0.29, 0.717) is 17.8 Å². The van der Waals surface area contributed by atoms with Gasteiger partial charge in [-0.15, -0.1) is 0 Å². The first kappa shape index (κ1) is 25.2. The van der Waals surface area contributed by atoms with Crippen LogP contribution < -0.4 is 4.72 Å². The van der Waals surface area contributed by atoms with Gasteiger partial charge in [0.15, 0.2) is 0 Å². The van der Waals surface area contributed by atoms with E-state index in [1.807, 2.05) is 46.0 Å². The van der Waals surface area contributed by atoms with E-state index in [4.69, 9.17) is 4.99 Å². The van der Waals surface area contributed by atoms with Crippen molar-refractivity contribution in [3.63, 3.8) is 0 Å². The molecule has 4 rings (SSSR count). The Morgan fingerprint density at radius 3 is 2.54 bits per heavy atom. The van der Waals surface area contributed by atoms with E-state index >= 15 is 0 Å². The highest BCUT2D eigenvalue weighted by atomic mass is 32.2. The number of hydrazine groups is 1. The summed E-state index contributed by atoms with van der Waals surface area (Å²) in [6, 6.07) is 5.13. The number of amides is 1. The lowest BCUT2D eigenvalue weighted by atomic mass is 9.94. The molecule has 2 atom stereocenters. The van der Waals surface area contributed by atoms with Crippen LogP contribution in [0.1, 0.15) is 49.0 Å². The average molecular weight is 501 g/mol. The van der Waals surface area contributed by atoms with E-state index < -0.39 is 10.0 Å². The van der Waals surface area contributed by atoms with Crippen molar-refractivity contribution in [2.24, 2.45) is 4.99 Å². The first-order valence-corrected chi connectivity index (χ1v) is 13.9. The summed E-state index contributed by atoms with van der Waals surface area (Å²) in [5.74, 6) is 1.79. The minimum absolute atomic E-state index is 0.0530. The summed E-state index contributed by atoms with van der Waals surface area (Å²) in [4.78, 5) is 22.8. The molecule has 0 aromatic heterocycles. The van der Waals surface area contributed by atoms with Gasteiger partial charge in [-0.3, -0.25) is 9.52 Å². The lowest BCUT2D eigenvalue weighted by Crippen LogP contribution is -2.55. The number of rotatable bonds is 5. The standard InChI is InChI=1S/C25H36N6O3S/c1-16-11-12-20(27-35(7,33)34)19(14-16)25(32)30-13-9-8-10-21(30)22-15-23-26-18(3)17(2)24(28(4)5)31(23)29(22)6/h11-12,14-15,21-22,27H,8-10,13H2,1-7H3/t21-,22?/m0/s1. The van der Waals surface area contributed by atoms with Crippen molar-refractivity contribution >= 4 is 27.3 Å². The second-order valence-corrected chi connectivity index (χ2v) is 11.7. The summed E-state index contributed by atoms with van der Waals surface area (Å²) in [6.45, 7) is 6.63. The molecule has 10 heteroatoms. The fraction of sp³-hybridized carbons (Fsp3) is 0.520. The number of carbonyl (C=O) groups is 1. The molecule has 9 nitrogen and oxygen atoms in total. The van der Waals surface area contributed by atoms with Crippen LogP contribution in [0.3, 0.4) is 0 Å². The molecule has 190 valence electrons.